The van der Waals surface area contributed by atoms with Crippen molar-refractivity contribution in [1.29, 1.82) is 0 Å². The molecule has 0 radical (unpaired) electrons. The van der Waals surface area contributed by atoms with Crippen LogP contribution in [0.4, 0.5) is 20.2 Å². The lowest BCUT2D eigenvalue weighted by Gasteiger charge is -2.20. The van der Waals surface area contributed by atoms with Gasteiger partial charge in [-0.25, -0.2) is 21.9 Å². The first-order valence-corrected chi connectivity index (χ1v) is 13.1. The number of pyridine rings is 1. The molecule has 3 aromatic rings. The van der Waals surface area contributed by atoms with Gasteiger partial charge in [-0.15, -0.1) is 0 Å². The van der Waals surface area contributed by atoms with Crippen LogP contribution in [-0.4, -0.2) is 25.9 Å². The summed E-state index contributed by atoms with van der Waals surface area (Å²) in [5, 5.41) is 2.65. The van der Waals surface area contributed by atoms with Crippen molar-refractivity contribution in [3.63, 3.8) is 0 Å². The van der Waals surface area contributed by atoms with E-state index in [1.165, 1.54) is 12.4 Å². The van der Waals surface area contributed by atoms with E-state index in [1.54, 1.807) is 36.4 Å². The van der Waals surface area contributed by atoms with Gasteiger partial charge in [-0.3, -0.25) is 9.78 Å². The minimum atomic E-state index is -4.67. The van der Waals surface area contributed by atoms with Crippen LogP contribution in [0.15, 0.2) is 53.7 Å². The lowest BCUT2D eigenvalue weighted by atomic mass is 10.1. The van der Waals surface area contributed by atoms with Crippen molar-refractivity contribution in [2.75, 3.05) is 11.9 Å². The average molecular weight is 614 g/mol. The molecule has 4 rings (SSSR count). The Kier molecular flexibility index (Phi) is 7.52. The van der Waals surface area contributed by atoms with Crippen LogP contribution in [0.5, 0.6) is 5.75 Å². The average Bonchev–Trinajstić information content (AvgIpc) is 3.66. The Balaban J connectivity index is 1.82. The Morgan fingerprint density at radius 3 is 2.37 bits per heavy atom. The van der Waals surface area contributed by atoms with Crippen LogP contribution >= 0.6 is 22.6 Å². The third-order valence-corrected chi connectivity index (χ3v) is 7.45. The minimum absolute atomic E-state index is 0.0290. The number of sulfonamides is 1. The van der Waals surface area contributed by atoms with Crippen molar-refractivity contribution in [2.45, 2.75) is 24.3 Å². The van der Waals surface area contributed by atoms with Gasteiger partial charge in [0, 0.05) is 28.2 Å². The first kappa shape index (κ1) is 25.3. The summed E-state index contributed by atoms with van der Waals surface area (Å²) in [5.74, 6) is -4.93. The molecular weight excluding hydrogens is 593 g/mol. The summed E-state index contributed by atoms with van der Waals surface area (Å²) in [7, 11) is -4.67. The van der Waals surface area contributed by atoms with Crippen LogP contribution < -0.4 is 20.5 Å². The fourth-order valence-corrected chi connectivity index (χ4v) is 4.88. The first-order chi connectivity index (χ1) is 16.7. The number of anilines is 2. The molecule has 1 aliphatic carbocycles. The fraction of sp³-hybridized carbons (Fsp3) is 0.217. The van der Waals surface area contributed by atoms with Crippen LogP contribution in [0.1, 0.15) is 28.8 Å². The van der Waals surface area contributed by atoms with Gasteiger partial charge in [-0.2, -0.15) is 0 Å². The molecule has 8 nitrogen and oxygen atoms in total. The second-order valence-corrected chi connectivity index (χ2v) is 10.9. The van der Waals surface area contributed by atoms with E-state index in [-0.39, 0.29) is 19.1 Å². The number of nitrogens with zero attached hydrogens (tertiary/aromatic N) is 1. The maximum absolute atomic E-state index is 15.4. The molecule has 35 heavy (non-hydrogen) atoms. The number of nitrogens with two attached hydrogens (primary N) is 1. The van der Waals surface area contributed by atoms with E-state index in [1.807, 2.05) is 0 Å². The highest BCUT2D eigenvalue weighted by atomic mass is 127. The number of amides is 1. The number of carbonyl (C=O) groups excluding carboxylic acids is 1. The molecule has 0 unspecified atom stereocenters. The van der Waals surface area contributed by atoms with E-state index in [0.29, 0.717) is 11.3 Å². The number of primary amides is 1. The van der Waals surface area contributed by atoms with E-state index < -0.39 is 49.5 Å². The Bertz CT molecular complexity index is 1350. The summed E-state index contributed by atoms with van der Waals surface area (Å²) in [6, 6.07) is 9.74. The zero-order valence-electron chi connectivity index (χ0n) is 18.2. The van der Waals surface area contributed by atoms with Crippen LogP contribution in [-0.2, 0) is 16.6 Å². The number of ether oxygens (including phenoxy) is 1. The van der Waals surface area contributed by atoms with Gasteiger partial charge in [0.1, 0.15) is 5.56 Å². The topological polar surface area (TPSA) is 123 Å². The zero-order chi connectivity index (χ0) is 25.2. The summed E-state index contributed by atoms with van der Waals surface area (Å²) >= 11 is 2.08. The van der Waals surface area contributed by atoms with Gasteiger partial charge >= 0.3 is 0 Å². The largest absolute Gasteiger partial charge is 0.491 e. The van der Waals surface area contributed by atoms with Crippen molar-refractivity contribution in [1.82, 2.24) is 9.71 Å². The second-order valence-electron chi connectivity index (χ2n) is 7.97. The molecule has 0 bridgehead atoms. The highest BCUT2D eigenvalue weighted by Crippen LogP contribution is 2.41. The van der Waals surface area contributed by atoms with Gasteiger partial charge < -0.3 is 15.8 Å². The maximum atomic E-state index is 15.4. The lowest BCUT2D eigenvalue weighted by Crippen LogP contribution is -2.28. The number of halogens is 3. The van der Waals surface area contributed by atoms with Crippen molar-refractivity contribution < 1.29 is 26.7 Å². The molecule has 1 amide bonds. The SMILES string of the molecule is NC(=O)c1c(Nc2ccc(I)cc2)c(F)c(F)c(S(=O)(=O)NCc2ccncc2)c1OCC1CC1. The predicted molar refractivity (Wildman–Crippen MR) is 134 cm³/mol. The first-order valence-electron chi connectivity index (χ1n) is 10.6. The van der Waals surface area contributed by atoms with E-state index in [9.17, 15) is 13.2 Å². The van der Waals surface area contributed by atoms with E-state index in [2.05, 4.69) is 37.6 Å². The molecule has 12 heteroatoms. The van der Waals surface area contributed by atoms with Crippen LogP contribution in [0.3, 0.4) is 0 Å². The highest BCUT2D eigenvalue weighted by molar-refractivity contribution is 14.1. The summed E-state index contributed by atoms with van der Waals surface area (Å²) in [5.41, 5.74) is 5.23. The summed E-state index contributed by atoms with van der Waals surface area (Å²) in [4.78, 5) is 15.2. The molecule has 1 aliphatic rings. The number of carbonyl (C=O) groups is 1. The maximum Gasteiger partial charge on any atom is 0.254 e. The second kappa shape index (κ2) is 10.4. The highest BCUT2D eigenvalue weighted by Gasteiger charge is 2.36. The van der Waals surface area contributed by atoms with E-state index >= 15 is 8.78 Å². The smallest absolute Gasteiger partial charge is 0.254 e. The molecule has 0 spiro atoms. The normalized spacial score (nSPS) is 13.5. The van der Waals surface area contributed by atoms with Crippen LogP contribution in [0.2, 0.25) is 0 Å². The van der Waals surface area contributed by atoms with Gasteiger partial charge in [0.25, 0.3) is 5.91 Å². The lowest BCUT2D eigenvalue weighted by molar-refractivity contribution is 0.0995. The fourth-order valence-electron chi connectivity index (χ4n) is 3.29. The van der Waals surface area contributed by atoms with Gasteiger partial charge in [0.05, 0.1) is 12.3 Å². The van der Waals surface area contributed by atoms with Crippen molar-refractivity contribution >= 4 is 49.9 Å². The third-order valence-electron chi connectivity index (χ3n) is 5.30. The van der Waals surface area contributed by atoms with Gasteiger partial charge in [-0.1, -0.05) is 0 Å². The van der Waals surface area contributed by atoms with Gasteiger partial charge in [-0.05, 0) is 83.3 Å². The molecule has 2 aromatic carbocycles. The zero-order valence-corrected chi connectivity index (χ0v) is 21.2. The number of hydrogen-bond donors (Lipinski definition) is 3. The minimum Gasteiger partial charge on any atom is -0.491 e. The predicted octanol–water partition coefficient (Wildman–Crippen LogP) is 4.07. The number of nitrogens with one attached hydrogen (secondary N) is 2. The molecule has 0 saturated heterocycles. The molecule has 1 heterocycles. The molecule has 0 aliphatic heterocycles. The summed E-state index contributed by atoms with van der Waals surface area (Å²) in [6.45, 7) is -0.191. The van der Waals surface area contributed by atoms with Gasteiger partial charge in [0.2, 0.25) is 10.0 Å². The van der Waals surface area contributed by atoms with Gasteiger partial charge in [0.15, 0.2) is 22.3 Å². The summed E-state index contributed by atoms with van der Waals surface area (Å²) < 4.78 is 65.8. The molecule has 184 valence electrons. The van der Waals surface area contributed by atoms with Crippen molar-refractivity contribution in [2.24, 2.45) is 11.7 Å². The molecular formula is C23H21F2IN4O4S. The number of hydrogen-bond acceptors (Lipinski definition) is 6. The van der Waals surface area contributed by atoms with E-state index in [0.717, 1.165) is 16.4 Å². The van der Waals surface area contributed by atoms with Crippen LogP contribution in [0.25, 0.3) is 0 Å². The Morgan fingerprint density at radius 1 is 1.11 bits per heavy atom. The molecule has 4 N–H and O–H groups in total. The number of benzene rings is 2. The molecule has 0 atom stereocenters. The third kappa shape index (κ3) is 5.87. The Labute approximate surface area is 214 Å². The standard InChI is InChI=1S/C23H21F2IN4O4S/c24-18-19(25)22(35(32,33)29-11-13-7-9-28-10-8-13)21(34-12-14-1-2-14)17(23(27)31)20(18)30-16-5-3-15(26)4-6-16/h3-10,14,29-30H,1-2,11-12H2,(H2,27,31). The monoisotopic (exact) mass is 614 g/mol. The quantitative estimate of drug-likeness (QED) is 0.296. The van der Waals surface area contributed by atoms with Crippen molar-refractivity contribution in [3.8, 4) is 5.75 Å². The molecule has 1 aromatic heterocycles. The van der Waals surface area contributed by atoms with Crippen LogP contribution in [0, 0.1) is 21.1 Å². The number of aromatic nitrogens is 1. The Hall–Kier alpha value is -2.84. The molecule has 1 fully saturated rings. The Morgan fingerprint density at radius 2 is 1.77 bits per heavy atom. The van der Waals surface area contributed by atoms with Crippen molar-refractivity contribution in [3.05, 3.63) is 75.1 Å². The molecule has 1 saturated carbocycles. The summed E-state index contributed by atoms with van der Waals surface area (Å²) in [6.07, 6.45) is 4.60. The number of rotatable bonds is 10. The van der Waals surface area contributed by atoms with E-state index in [4.69, 9.17) is 10.5 Å².